The van der Waals surface area contributed by atoms with Gasteiger partial charge in [0.15, 0.2) is 11.6 Å². The molecule has 0 amide bonds. The lowest BCUT2D eigenvalue weighted by molar-refractivity contribution is -0.0573. The van der Waals surface area contributed by atoms with Gasteiger partial charge >= 0.3 is 0 Å². The van der Waals surface area contributed by atoms with Crippen molar-refractivity contribution in [3.63, 3.8) is 0 Å². The molecule has 5 heteroatoms. The van der Waals surface area contributed by atoms with Crippen LogP contribution in [0.25, 0.3) is 61.7 Å². The highest BCUT2D eigenvalue weighted by molar-refractivity contribution is 6.09. The average molecular weight is 636 g/mol. The Morgan fingerprint density at radius 3 is 2.12 bits per heavy atom. The van der Waals surface area contributed by atoms with Crippen molar-refractivity contribution in [2.45, 2.75) is 44.9 Å². The van der Waals surface area contributed by atoms with Crippen molar-refractivity contribution in [3.8, 4) is 39.9 Å². The largest absolute Gasteiger partial charge is 0.278 e. The van der Waals surface area contributed by atoms with Crippen LogP contribution in [0.15, 0.2) is 116 Å². The summed E-state index contributed by atoms with van der Waals surface area (Å²) in [7, 11) is 0. The van der Waals surface area contributed by atoms with E-state index in [-0.39, 0.29) is 0 Å². The minimum atomic E-state index is 0.583. The lowest BCUT2D eigenvalue weighted by Gasteiger charge is -2.56. The summed E-state index contributed by atoms with van der Waals surface area (Å²) in [6.45, 7) is 0. The summed E-state index contributed by atoms with van der Waals surface area (Å²) >= 11 is 0. The molecule has 0 radical (unpaired) electrons. The molecule has 4 aliphatic carbocycles. The Balaban J connectivity index is 1.11. The van der Waals surface area contributed by atoms with Crippen LogP contribution in [0.2, 0.25) is 0 Å². The second-order valence-corrected chi connectivity index (χ2v) is 15.3. The molecule has 4 aliphatic rings. The van der Waals surface area contributed by atoms with Crippen molar-refractivity contribution >= 4 is 21.8 Å². The Hall–Kier alpha value is -5.16. The van der Waals surface area contributed by atoms with Gasteiger partial charge in [0.25, 0.3) is 0 Å². The van der Waals surface area contributed by atoms with Crippen LogP contribution in [0.4, 0.5) is 0 Å². The number of hydrogen-bond donors (Lipinski definition) is 0. The highest BCUT2D eigenvalue weighted by Crippen LogP contribution is 2.70. The summed E-state index contributed by atoms with van der Waals surface area (Å²) in [6, 6.07) is 36.6. The molecular weight excluding hydrogens is 599 g/mol. The van der Waals surface area contributed by atoms with Gasteiger partial charge < -0.3 is 0 Å². The highest BCUT2D eigenvalue weighted by atomic mass is 15.2. The third-order valence-corrected chi connectivity index (χ3v) is 12.8. The van der Waals surface area contributed by atoms with Gasteiger partial charge in [-0.25, -0.2) is 4.98 Å². The molecule has 0 aliphatic heterocycles. The summed E-state index contributed by atoms with van der Waals surface area (Å²) in [5.41, 5.74) is 10.3. The third kappa shape index (κ3) is 4.17. The molecule has 7 aromatic rings. The summed E-state index contributed by atoms with van der Waals surface area (Å²) in [6.07, 6.45) is 13.6. The van der Waals surface area contributed by atoms with Crippen molar-refractivity contribution in [3.05, 3.63) is 127 Å². The van der Waals surface area contributed by atoms with E-state index in [1.165, 1.54) is 65.1 Å². The van der Waals surface area contributed by atoms with Crippen LogP contribution in [0.5, 0.6) is 0 Å². The minimum absolute atomic E-state index is 0.583. The molecule has 11 rings (SSSR count). The maximum Gasteiger partial charge on any atom is 0.238 e. The van der Waals surface area contributed by atoms with Gasteiger partial charge in [-0.05, 0) is 121 Å². The fourth-order valence-electron chi connectivity index (χ4n) is 10.8. The van der Waals surface area contributed by atoms with Crippen LogP contribution >= 0.6 is 0 Å². The van der Waals surface area contributed by atoms with Gasteiger partial charge in [0.1, 0.15) is 0 Å². The molecule has 0 N–H and O–H groups in total. The van der Waals surface area contributed by atoms with Crippen molar-refractivity contribution in [2.24, 2.45) is 29.1 Å². The van der Waals surface area contributed by atoms with Crippen LogP contribution in [0.3, 0.4) is 0 Å². The lowest BCUT2D eigenvalue weighted by atomic mass is 9.49. The molecular formula is C44H37N5. The third-order valence-electron chi connectivity index (χ3n) is 12.8. The Bertz CT molecular complexity index is 2380. The summed E-state index contributed by atoms with van der Waals surface area (Å²) in [5.74, 6) is 5.44. The van der Waals surface area contributed by atoms with E-state index in [1.54, 1.807) is 0 Å². The van der Waals surface area contributed by atoms with Crippen molar-refractivity contribution in [1.29, 1.82) is 0 Å². The van der Waals surface area contributed by atoms with E-state index in [1.807, 2.05) is 24.4 Å². The fraction of sp³-hybridized carbons (Fsp3) is 0.273. The van der Waals surface area contributed by atoms with Crippen LogP contribution in [0.1, 0.15) is 43.2 Å². The molecule has 3 heterocycles. The first-order chi connectivity index (χ1) is 24.2. The topological polar surface area (TPSA) is 56.5 Å². The van der Waals surface area contributed by atoms with Gasteiger partial charge in [-0.1, -0.05) is 78.9 Å². The number of fused-ring (bicyclic) bond motifs is 8. The van der Waals surface area contributed by atoms with Gasteiger partial charge in [-0.3, -0.25) is 9.55 Å². The van der Waals surface area contributed by atoms with Crippen molar-refractivity contribution in [1.82, 2.24) is 24.5 Å². The van der Waals surface area contributed by atoms with Crippen molar-refractivity contribution < 1.29 is 0 Å². The zero-order chi connectivity index (χ0) is 32.1. The molecule has 3 bridgehead atoms. The number of rotatable bonds is 3. The van der Waals surface area contributed by atoms with Crippen LogP contribution < -0.4 is 0 Å². The Morgan fingerprint density at radius 2 is 1.31 bits per heavy atom. The number of benzene rings is 4. The summed E-state index contributed by atoms with van der Waals surface area (Å²) in [4.78, 5) is 20.3. The maximum atomic E-state index is 5.28. The smallest absolute Gasteiger partial charge is 0.238 e. The first-order valence-electron chi connectivity index (χ1n) is 18.1. The first-order valence-corrected chi connectivity index (χ1v) is 18.1. The molecule has 3 aromatic heterocycles. The van der Waals surface area contributed by atoms with E-state index in [0.717, 1.165) is 58.7 Å². The van der Waals surface area contributed by atoms with Gasteiger partial charge in [-0.15, -0.1) is 0 Å². The molecule has 238 valence electrons. The molecule has 5 atom stereocenters. The SMILES string of the molecule is c1ccc(-c2nc(-c3ccc4c(c3)-c3ccncc3CC3CC5CC6CC(C4)CC35C6)nc(-n3c4ccccc4c4ccccc43)n2)cc1. The predicted molar refractivity (Wildman–Crippen MR) is 195 cm³/mol. The quantitative estimate of drug-likeness (QED) is 0.194. The molecule has 3 fully saturated rings. The van der Waals surface area contributed by atoms with Gasteiger partial charge in [0.2, 0.25) is 5.95 Å². The zero-order valence-electron chi connectivity index (χ0n) is 27.5. The molecule has 5 nitrogen and oxygen atoms in total. The van der Waals surface area contributed by atoms with E-state index in [2.05, 4.69) is 101 Å². The molecule has 0 saturated heterocycles. The van der Waals surface area contributed by atoms with E-state index < -0.39 is 0 Å². The molecule has 5 unspecified atom stereocenters. The van der Waals surface area contributed by atoms with Crippen LogP contribution in [-0.2, 0) is 12.8 Å². The molecule has 49 heavy (non-hydrogen) atoms. The maximum absolute atomic E-state index is 5.28. The first kappa shape index (κ1) is 27.8. The Labute approximate surface area is 286 Å². The highest BCUT2D eigenvalue weighted by Gasteiger charge is 2.62. The standard InChI is InChI=1S/C44H37N5/c1-2-8-29(9-3-1)41-46-42(48-43(47-41)49-39-12-6-4-10-36(39)37-11-5-7-13-40(37)49)31-15-14-30-19-27-18-28-20-33-23-34(44(33,24-27)25-28)21-32-26-45-17-16-35(32)38(30)22-31/h1-17,22,26-28,33-34H,18-21,23-25H2. The second kappa shape index (κ2) is 10.4. The van der Waals surface area contributed by atoms with Gasteiger partial charge in [-0.2, -0.15) is 9.97 Å². The van der Waals surface area contributed by atoms with Crippen LogP contribution in [-0.4, -0.2) is 24.5 Å². The molecule has 4 aromatic carbocycles. The number of nitrogens with zero attached hydrogens (tertiary/aromatic N) is 5. The fourth-order valence-corrected chi connectivity index (χ4v) is 10.8. The minimum Gasteiger partial charge on any atom is -0.278 e. The Morgan fingerprint density at radius 1 is 0.571 bits per heavy atom. The summed E-state index contributed by atoms with van der Waals surface area (Å²) < 4.78 is 2.20. The van der Waals surface area contributed by atoms with Crippen LogP contribution in [0, 0.1) is 29.1 Å². The van der Waals surface area contributed by atoms with Crippen molar-refractivity contribution in [2.75, 3.05) is 0 Å². The number of pyridine rings is 1. The predicted octanol–water partition coefficient (Wildman–Crippen LogP) is 9.91. The molecule has 1 spiro atoms. The van der Waals surface area contributed by atoms with Gasteiger partial charge in [0.05, 0.1) is 11.0 Å². The average Bonchev–Trinajstić information content (AvgIpc) is 3.59. The lowest BCUT2D eigenvalue weighted by Crippen LogP contribution is -2.49. The van der Waals surface area contributed by atoms with E-state index >= 15 is 0 Å². The number of para-hydroxylation sites is 2. The normalized spacial score (nSPS) is 25.1. The number of aromatic nitrogens is 5. The second-order valence-electron chi connectivity index (χ2n) is 15.3. The van der Waals surface area contributed by atoms with Gasteiger partial charge in [0, 0.05) is 34.3 Å². The Kier molecular flexibility index (Phi) is 5.90. The van der Waals surface area contributed by atoms with E-state index in [0.29, 0.717) is 23.0 Å². The van der Waals surface area contributed by atoms with E-state index in [4.69, 9.17) is 15.0 Å². The monoisotopic (exact) mass is 635 g/mol. The molecule has 3 saturated carbocycles. The van der Waals surface area contributed by atoms with E-state index in [9.17, 15) is 0 Å². The summed E-state index contributed by atoms with van der Waals surface area (Å²) in [5, 5.41) is 2.38. The number of hydrogen-bond acceptors (Lipinski definition) is 4. The zero-order valence-corrected chi connectivity index (χ0v) is 27.5.